The Hall–Kier alpha value is -0.600. The third-order valence-electron chi connectivity index (χ3n) is 0.401. The monoisotopic (exact) mass is 74.0 g/mol. The molecule has 0 spiro atoms. The summed E-state index contributed by atoms with van der Waals surface area (Å²) in [5.41, 5.74) is 0. The number of nitrogens with zero attached hydrogens (tertiary/aromatic N) is 2. The molecule has 1 heterocycles. The zero-order chi connectivity index (χ0) is 3.70. The third-order valence-corrected chi connectivity index (χ3v) is 0.401. The molecule has 5 heavy (non-hydrogen) atoms. The fraction of sp³-hybridized carbons (Fsp3) is 0.500. The first-order valence-electron chi connectivity index (χ1n) is 1.30. The highest BCUT2D eigenvalue weighted by atomic mass is 19.1. The number of halogens is 1. The van der Waals surface area contributed by atoms with Crippen LogP contribution in [0.25, 0.3) is 0 Å². The normalized spacial score (nSPS) is 16.6. The lowest BCUT2D eigenvalue weighted by atomic mass is 11.2. The maximum atomic E-state index is 11.0. The first-order valence-corrected chi connectivity index (χ1v) is 1.30. The van der Waals surface area contributed by atoms with E-state index < -0.39 is 6.80 Å². The van der Waals surface area contributed by atoms with E-state index in [9.17, 15) is 4.39 Å². The van der Waals surface area contributed by atoms with Crippen LogP contribution in [-0.4, -0.2) is 18.1 Å². The van der Waals surface area contributed by atoms with E-state index in [0.29, 0.717) is 0 Å². The molecule has 0 aromatic rings. The summed E-state index contributed by atoms with van der Waals surface area (Å²) in [6, 6.07) is 0. The zero-order valence-corrected chi connectivity index (χ0v) is 2.56. The second-order valence-electron chi connectivity index (χ2n) is 0.790. The van der Waals surface area contributed by atoms with Crippen LogP contribution in [0.2, 0.25) is 0 Å². The molecule has 1 rings (SSSR count). The minimum absolute atomic E-state index is 0.472. The summed E-state index contributed by atoms with van der Waals surface area (Å²) < 4.78 is 11.0. The highest BCUT2D eigenvalue weighted by molar-refractivity contribution is 5.64. The van der Waals surface area contributed by atoms with E-state index in [-0.39, 0.29) is 0 Å². The molecular weight excluding hydrogens is 71.0 g/mol. The quantitative estimate of drug-likeness (QED) is 0.405. The molecule has 0 aromatic heterocycles. The van der Waals surface area contributed by atoms with E-state index in [1.165, 1.54) is 11.3 Å². The standard InChI is InChI=1S/C2H3FN2/c3-1-5-2-4-5/h2H,1H2. The van der Waals surface area contributed by atoms with Crippen LogP contribution in [0.3, 0.4) is 0 Å². The van der Waals surface area contributed by atoms with E-state index in [0.717, 1.165) is 0 Å². The number of alkyl halides is 1. The molecule has 0 saturated heterocycles. The van der Waals surface area contributed by atoms with Crippen LogP contribution in [0.15, 0.2) is 5.10 Å². The van der Waals surface area contributed by atoms with Gasteiger partial charge in [0.15, 0.2) is 6.80 Å². The van der Waals surface area contributed by atoms with Crippen molar-refractivity contribution in [1.29, 1.82) is 0 Å². The predicted octanol–water partition coefficient (Wildman–Crippen LogP) is 0.172. The molecule has 3 heteroatoms. The molecular formula is C2H3FN2. The Balaban J connectivity index is 2.06. The number of hydrogen-bond acceptors (Lipinski definition) is 2. The summed E-state index contributed by atoms with van der Waals surface area (Å²) in [6.07, 6.45) is 1.43. The predicted molar refractivity (Wildman–Crippen MR) is 16.3 cm³/mol. The van der Waals surface area contributed by atoms with Crippen molar-refractivity contribution in [1.82, 2.24) is 5.01 Å². The fourth-order valence-corrected chi connectivity index (χ4v) is 0.0982. The largest absolute Gasteiger partial charge is 0.225 e. The minimum Gasteiger partial charge on any atom is -0.225 e. The molecule has 2 nitrogen and oxygen atoms in total. The Bertz CT molecular complexity index is 54.7. The van der Waals surface area contributed by atoms with Gasteiger partial charge >= 0.3 is 0 Å². The van der Waals surface area contributed by atoms with Crippen LogP contribution >= 0.6 is 0 Å². The van der Waals surface area contributed by atoms with Crippen molar-refractivity contribution >= 4 is 6.34 Å². The summed E-state index contributed by atoms with van der Waals surface area (Å²) in [5, 5.41) is 4.56. The molecule has 28 valence electrons. The van der Waals surface area contributed by atoms with Gasteiger partial charge in [0.05, 0.1) is 0 Å². The Morgan fingerprint density at radius 3 is 2.60 bits per heavy atom. The number of hydrogen-bond donors (Lipinski definition) is 0. The maximum Gasteiger partial charge on any atom is 0.183 e. The average Bonchev–Trinajstić information content (AvgIpc) is 2.12. The third kappa shape index (κ3) is 0.344. The van der Waals surface area contributed by atoms with E-state index in [1.807, 2.05) is 0 Å². The van der Waals surface area contributed by atoms with Crippen molar-refractivity contribution in [3.8, 4) is 0 Å². The summed E-state index contributed by atoms with van der Waals surface area (Å²) in [7, 11) is 0. The van der Waals surface area contributed by atoms with Crippen molar-refractivity contribution in [3.05, 3.63) is 0 Å². The highest BCUT2D eigenvalue weighted by Gasteiger charge is 2.02. The van der Waals surface area contributed by atoms with Gasteiger partial charge in [0.2, 0.25) is 0 Å². The fourth-order valence-electron chi connectivity index (χ4n) is 0.0982. The van der Waals surface area contributed by atoms with Gasteiger partial charge in [0.25, 0.3) is 0 Å². The number of rotatable bonds is 1. The van der Waals surface area contributed by atoms with Gasteiger partial charge in [-0.25, -0.2) is 9.40 Å². The lowest BCUT2D eigenvalue weighted by Crippen LogP contribution is -1.90. The van der Waals surface area contributed by atoms with Crippen LogP contribution in [-0.2, 0) is 0 Å². The van der Waals surface area contributed by atoms with E-state index >= 15 is 0 Å². The average molecular weight is 74.1 g/mol. The summed E-state index contributed by atoms with van der Waals surface area (Å²) in [6.45, 7) is -0.472. The van der Waals surface area contributed by atoms with Crippen molar-refractivity contribution < 1.29 is 4.39 Å². The van der Waals surface area contributed by atoms with Crippen LogP contribution in [0.1, 0.15) is 0 Å². The van der Waals surface area contributed by atoms with E-state index in [1.54, 1.807) is 0 Å². The van der Waals surface area contributed by atoms with Crippen LogP contribution in [0.4, 0.5) is 4.39 Å². The van der Waals surface area contributed by atoms with Gasteiger partial charge in [0, 0.05) is 0 Å². The minimum atomic E-state index is -0.472. The molecule has 0 N–H and O–H groups in total. The van der Waals surface area contributed by atoms with Gasteiger partial charge in [-0.3, -0.25) is 0 Å². The Labute approximate surface area is 28.9 Å². The zero-order valence-electron chi connectivity index (χ0n) is 2.56. The molecule has 0 radical (unpaired) electrons. The van der Waals surface area contributed by atoms with Crippen molar-refractivity contribution in [3.63, 3.8) is 0 Å². The lowest BCUT2D eigenvalue weighted by Gasteiger charge is -1.79. The summed E-state index contributed by atoms with van der Waals surface area (Å²) in [4.78, 5) is 0. The highest BCUT2D eigenvalue weighted by Crippen LogP contribution is 1.94. The Morgan fingerprint density at radius 2 is 2.60 bits per heavy atom. The summed E-state index contributed by atoms with van der Waals surface area (Å²) in [5.74, 6) is 0. The van der Waals surface area contributed by atoms with Crippen LogP contribution in [0.5, 0.6) is 0 Å². The van der Waals surface area contributed by atoms with Gasteiger partial charge < -0.3 is 0 Å². The van der Waals surface area contributed by atoms with Gasteiger partial charge in [-0.05, 0) is 0 Å². The molecule has 0 fully saturated rings. The van der Waals surface area contributed by atoms with Gasteiger partial charge in [-0.1, -0.05) is 0 Å². The van der Waals surface area contributed by atoms with Crippen molar-refractivity contribution in [2.24, 2.45) is 5.10 Å². The SMILES string of the molecule is FCN1C=N1. The smallest absolute Gasteiger partial charge is 0.183 e. The second-order valence-corrected chi connectivity index (χ2v) is 0.790. The first kappa shape index (κ1) is 2.63. The molecule has 1 aliphatic rings. The molecule has 1 aliphatic heterocycles. The second kappa shape index (κ2) is 0.672. The Kier molecular flexibility index (Phi) is 0.353. The molecule has 0 aliphatic carbocycles. The van der Waals surface area contributed by atoms with Crippen molar-refractivity contribution in [2.75, 3.05) is 6.80 Å². The lowest BCUT2D eigenvalue weighted by molar-refractivity contribution is 0.347. The molecule has 0 aromatic carbocycles. The molecule has 0 unspecified atom stereocenters. The summed E-state index contributed by atoms with van der Waals surface area (Å²) >= 11 is 0. The maximum absolute atomic E-state index is 11.0. The van der Waals surface area contributed by atoms with Crippen molar-refractivity contribution in [2.45, 2.75) is 0 Å². The molecule has 0 amide bonds. The van der Waals surface area contributed by atoms with E-state index in [2.05, 4.69) is 5.10 Å². The molecule has 0 bridgehead atoms. The molecule has 0 saturated carbocycles. The topological polar surface area (TPSA) is 15.4 Å². The number of hydrazone groups is 1. The van der Waals surface area contributed by atoms with Gasteiger partial charge in [-0.15, -0.1) is 0 Å². The van der Waals surface area contributed by atoms with Crippen LogP contribution < -0.4 is 0 Å². The van der Waals surface area contributed by atoms with E-state index in [4.69, 9.17) is 0 Å². The van der Waals surface area contributed by atoms with Crippen LogP contribution in [0, 0.1) is 0 Å². The molecule has 0 atom stereocenters. The first-order chi connectivity index (χ1) is 2.43. The van der Waals surface area contributed by atoms with Gasteiger partial charge in [0.1, 0.15) is 6.34 Å². The van der Waals surface area contributed by atoms with Gasteiger partial charge in [-0.2, -0.15) is 5.10 Å². The Morgan fingerprint density at radius 1 is 2.00 bits per heavy atom.